The maximum absolute atomic E-state index is 12.4. The van der Waals surface area contributed by atoms with Crippen molar-refractivity contribution in [3.05, 3.63) is 88.5 Å². The van der Waals surface area contributed by atoms with Crippen molar-refractivity contribution in [2.45, 2.75) is 0 Å². The van der Waals surface area contributed by atoms with Gasteiger partial charge in [-0.25, -0.2) is 4.98 Å². The van der Waals surface area contributed by atoms with Gasteiger partial charge in [0.05, 0.1) is 11.3 Å². The van der Waals surface area contributed by atoms with Crippen LogP contribution in [0.2, 0.25) is 0 Å². The lowest BCUT2D eigenvalue weighted by Crippen LogP contribution is -2.12. The summed E-state index contributed by atoms with van der Waals surface area (Å²) >= 11 is 4.93. The number of benzene rings is 2. The molecule has 0 atom stereocenters. The number of hydrogen-bond donors (Lipinski definition) is 1. The molecule has 27 heavy (non-hydrogen) atoms. The first kappa shape index (κ1) is 17.6. The summed E-state index contributed by atoms with van der Waals surface area (Å²) in [6.45, 7) is 0. The number of amides is 1. The molecule has 0 aliphatic carbocycles. The smallest absolute Gasteiger partial charge is 0.257 e. The molecule has 0 aliphatic heterocycles. The summed E-state index contributed by atoms with van der Waals surface area (Å²) in [5.41, 5.74) is 4.15. The Morgan fingerprint density at radius 3 is 2.59 bits per heavy atom. The zero-order valence-electron chi connectivity index (χ0n) is 14.1. The normalized spacial score (nSPS) is 10.6. The van der Waals surface area contributed by atoms with Crippen molar-refractivity contribution in [1.82, 2.24) is 9.97 Å². The fourth-order valence-corrected chi connectivity index (χ4v) is 3.82. The van der Waals surface area contributed by atoms with Crippen molar-refractivity contribution >= 4 is 38.9 Å². The first-order valence-electron chi connectivity index (χ1n) is 8.22. The van der Waals surface area contributed by atoms with Gasteiger partial charge in [-0.05, 0) is 34.1 Å². The molecule has 0 aliphatic rings. The maximum atomic E-state index is 12.4. The first-order valence-corrected chi connectivity index (χ1v) is 9.89. The second-order valence-corrected chi connectivity index (χ2v) is 7.60. The number of thiazole rings is 1. The van der Waals surface area contributed by atoms with Crippen LogP contribution in [0.4, 0.5) is 5.69 Å². The average molecular weight is 436 g/mol. The van der Waals surface area contributed by atoms with E-state index in [1.807, 2.05) is 60.0 Å². The highest BCUT2D eigenvalue weighted by atomic mass is 79.9. The van der Waals surface area contributed by atoms with Gasteiger partial charge >= 0.3 is 0 Å². The Balaban J connectivity index is 1.56. The summed E-state index contributed by atoms with van der Waals surface area (Å²) in [6, 6.07) is 19.5. The van der Waals surface area contributed by atoms with Crippen LogP contribution in [-0.2, 0) is 0 Å². The number of hydrogen-bond acceptors (Lipinski definition) is 4. The molecule has 1 amide bonds. The fraction of sp³-hybridized carbons (Fsp3) is 0. The molecule has 0 saturated carbocycles. The predicted octanol–water partition coefficient (Wildman–Crippen LogP) is 5.89. The molecule has 2 heterocycles. The van der Waals surface area contributed by atoms with Crippen LogP contribution in [0.5, 0.6) is 0 Å². The molecular weight excluding hydrogens is 422 g/mol. The number of carbonyl (C=O) groups is 1. The van der Waals surface area contributed by atoms with Crippen molar-refractivity contribution in [3.63, 3.8) is 0 Å². The van der Waals surface area contributed by atoms with E-state index in [0.717, 1.165) is 26.3 Å². The first-order chi connectivity index (χ1) is 13.2. The lowest BCUT2D eigenvalue weighted by Gasteiger charge is -2.07. The second kappa shape index (κ2) is 7.82. The van der Waals surface area contributed by atoms with Crippen molar-refractivity contribution in [1.29, 1.82) is 0 Å². The lowest BCUT2D eigenvalue weighted by atomic mass is 10.1. The van der Waals surface area contributed by atoms with Crippen LogP contribution in [0.3, 0.4) is 0 Å². The lowest BCUT2D eigenvalue weighted by molar-refractivity contribution is 0.102. The molecule has 0 unspecified atom stereocenters. The summed E-state index contributed by atoms with van der Waals surface area (Å²) in [6.07, 6.45) is 3.18. The van der Waals surface area contributed by atoms with E-state index in [2.05, 4.69) is 26.2 Å². The number of carbonyl (C=O) groups excluding carboxylic acids is 1. The van der Waals surface area contributed by atoms with Crippen LogP contribution in [0, 0.1) is 0 Å². The standard InChI is InChI=1S/C21H14BrN3OS/c22-17-9-16(11-23-12-17)20(26)24-18-8-4-7-15(10-18)19-13-27-21(25-19)14-5-2-1-3-6-14/h1-13H,(H,24,26). The van der Waals surface area contributed by atoms with Crippen LogP contribution >= 0.6 is 27.3 Å². The molecule has 0 fully saturated rings. The van der Waals surface area contributed by atoms with Gasteiger partial charge in [0.1, 0.15) is 5.01 Å². The third kappa shape index (κ3) is 4.13. The summed E-state index contributed by atoms with van der Waals surface area (Å²) in [7, 11) is 0. The molecule has 4 rings (SSSR count). The molecular formula is C21H14BrN3OS. The fourth-order valence-electron chi connectivity index (χ4n) is 2.62. The number of anilines is 1. The van der Waals surface area contributed by atoms with Crippen LogP contribution in [-0.4, -0.2) is 15.9 Å². The minimum Gasteiger partial charge on any atom is -0.322 e. The van der Waals surface area contributed by atoms with E-state index in [1.165, 1.54) is 6.20 Å². The van der Waals surface area contributed by atoms with Crippen molar-refractivity contribution in [2.24, 2.45) is 0 Å². The minimum atomic E-state index is -0.204. The van der Waals surface area contributed by atoms with Gasteiger partial charge in [0.15, 0.2) is 0 Å². The largest absolute Gasteiger partial charge is 0.322 e. The number of aromatic nitrogens is 2. The van der Waals surface area contributed by atoms with E-state index in [1.54, 1.807) is 23.6 Å². The van der Waals surface area contributed by atoms with E-state index in [-0.39, 0.29) is 5.91 Å². The second-order valence-electron chi connectivity index (χ2n) is 5.83. The third-order valence-electron chi connectivity index (χ3n) is 3.91. The Morgan fingerprint density at radius 2 is 1.78 bits per heavy atom. The van der Waals surface area contributed by atoms with E-state index in [9.17, 15) is 4.79 Å². The molecule has 0 bridgehead atoms. The Hall–Kier alpha value is -2.83. The van der Waals surface area contributed by atoms with Gasteiger partial charge in [0, 0.05) is 39.1 Å². The minimum absolute atomic E-state index is 0.204. The van der Waals surface area contributed by atoms with Gasteiger partial charge < -0.3 is 5.32 Å². The van der Waals surface area contributed by atoms with Crippen LogP contribution in [0.15, 0.2) is 82.9 Å². The third-order valence-corrected chi connectivity index (χ3v) is 5.23. The number of rotatable bonds is 4. The van der Waals surface area contributed by atoms with Crippen molar-refractivity contribution in [2.75, 3.05) is 5.32 Å². The molecule has 0 radical (unpaired) electrons. The van der Waals surface area contributed by atoms with Crippen LogP contribution in [0.1, 0.15) is 10.4 Å². The van der Waals surface area contributed by atoms with E-state index >= 15 is 0 Å². The summed E-state index contributed by atoms with van der Waals surface area (Å²) in [5.74, 6) is -0.204. The number of nitrogens with zero attached hydrogens (tertiary/aromatic N) is 2. The van der Waals surface area contributed by atoms with Gasteiger partial charge in [0.2, 0.25) is 0 Å². The van der Waals surface area contributed by atoms with Crippen LogP contribution < -0.4 is 5.32 Å². The maximum Gasteiger partial charge on any atom is 0.257 e. The number of halogens is 1. The Morgan fingerprint density at radius 1 is 0.963 bits per heavy atom. The molecule has 1 N–H and O–H groups in total. The number of pyridine rings is 1. The molecule has 4 nitrogen and oxygen atoms in total. The average Bonchev–Trinajstić information content (AvgIpc) is 3.19. The Bertz CT molecular complexity index is 1100. The number of nitrogens with one attached hydrogen (secondary N) is 1. The zero-order valence-corrected chi connectivity index (χ0v) is 16.5. The Labute approximate surface area is 169 Å². The monoisotopic (exact) mass is 435 g/mol. The zero-order chi connectivity index (χ0) is 18.6. The van der Waals surface area contributed by atoms with Crippen molar-refractivity contribution < 1.29 is 4.79 Å². The van der Waals surface area contributed by atoms with E-state index in [0.29, 0.717) is 11.3 Å². The predicted molar refractivity (Wildman–Crippen MR) is 113 cm³/mol. The van der Waals surface area contributed by atoms with Gasteiger partial charge in [-0.3, -0.25) is 9.78 Å². The molecule has 6 heteroatoms. The van der Waals surface area contributed by atoms with E-state index in [4.69, 9.17) is 4.98 Å². The Kier molecular flexibility index (Phi) is 5.09. The molecule has 2 aromatic carbocycles. The molecule has 0 saturated heterocycles. The van der Waals surface area contributed by atoms with Gasteiger partial charge in [-0.15, -0.1) is 11.3 Å². The molecule has 132 valence electrons. The molecule has 0 spiro atoms. The van der Waals surface area contributed by atoms with Crippen LogP contribution in [0.25, 0.3) is 21.8 Å². The van der Waals surface area contributed by atoms with Gasteiger partial charge in [-0.2, -0.15) is 0 Å². The highest BCUT2D eigenvalue weighted by Crippen LogP contribution is 2.30. The summed E-state index contributed by atoms with van der Waals surface area (Å²) in [4.78, 5) is 21.2. The summed E-state index contributed by atoms with van der Waals surface area (Å²) in [5, 5.41) is 5.91. The summed E-state index contributed by atoms with van der Waals surface area (Å²) < 4.78 is 0.764. The quantitative estimate of drug-likeness (QED) is 0.434. The molecule has 2 aromatic heterocycles. The van der Waals surface area contributed by atoms with Gasteiger partial charge in [0.25, 0.3) is 5.91 Å². The highest BCUT2D eigenvalue weighted by molar-refractivity contribution is 9.10. The SMILES string of the molecule is O=C(Nc1cccc(-c2csc(-c3ccccc3)n2)c1)c1cncc(Br)c1. The highest BCUT2D eigenvalue weighted by Gasteiger charge is 2.10. The topological polar surface area (TPSA) is 54.9 Å². The van der Waals surface area contributed by atoms with Gasteiger partial charge in [-0.1, -0.05) is 42.5 Å². The van der Waals surface area contributed by atoms with E-state index < -0.39 is 0 Å². The molecule has 4 aromatic rings. The van der Waals surface area contributed by atoms with Crippen molar-refractivity contribution in [3.8, 4) is 21.8 Å².